The predicted molar refractivity (Wildman–Crippen MR) is 54.7 cm³/mol. The average Bonchev–Trinajstić information content (AvgIpc) is 2.58. The lowest BCUT2D eigenvalue weighted by atomic mass is 10.0. The third-order valence-corrected chi connectivity index (χ3v) is 2.23. The standard InChI is InChI=1S/C11H13NO2/c1-7(2)8-4-5-9-10(6-8)14-11(12-9)13-3/h4-7H,1-3H3. The molecule has 0 fully saturated rings. The summed E-state index contributed by atoms with van der Waals surface area (Å²) in [5.41, 5.74) is 2.87. The third-order valence-electron chi connectivity index (χ3n) is 2.23. The van der Waals surface area contributed by atoms with Crippen molar-refractivity contribution >= 4 is 11.1 Å². The van der Waals surface area contributed by atoms with Crippen LogP contribution < -0.4 is 4.74 Å². The Morgan fingerprint density at radius 2 is 2.14 bits per heavy atom. The van der Waals surface area contributed by atoms with Crippen LogP contribution in [-0.2, 0) is 0 Å². The number of methoxy groups -OCH3 is 1. The summed E-state index contributed by atoms with van der Waals surface area (Å²) >= 11 is 0. The predicted octanol–water partition coefficient (Wildman–Crippen LogP) is 2.96. The first-order chi connectivity index (χ1) is 6.70. The van der Waals surface area contributed by atoms with Crippen LogP contribution in [0, 0.1) is 0 Å². The minimum absolute atomic E-state index is 0.320. The van der Waals surface area contributed by atoms with Crippen molar-refractivity contribution in [3.8, 4) is 6.08 Å². The molecule has 3 heteroatoms. The van der Waals surface area contributed by atoms with Crippen molar-refractivity contribution in [2.24, 2.45) is 0 Å². The molecule has 0 aliphatic carbocycles. The maximum absolute atomic E-state index is 5.37. The summed E-state index contributed by atoms with van der Waals surface area (Å²) in [5.74, 6) is 0.496. The van der Waals surface area contributed by atoms with Crippen LogP contribution in [0.3, 0.4) is 0 Å². The summed E-state index contributed by atoms with van der Waals surface area (Å²) < 4.78 is 10.3. The SMILES string of the molecule is COc1nc2ccc(C(C)C)cc2o1. The Balaban J connectivity index is 2.54. The average molecular weight is 191 g/mol. The maximum Gasteiger partial charge on any atom is 0.394 e. The maximum atomic E-state index is 5.37. The van der Waals surface area contributed by atoms with Crippen LogP contribution in [0.2, 0.25) is 0 Å². The Kier molecular flexibility index (Phi) is 2.15. The van der Waals surface area contributed by atoms with Gasteiger partial charge in [-0.15, -0.1) is 0 Å². The van der Waals surface area contributed by atoms with E-state index in [9.17, 15) is 0 Å². The molecule has 1 aromatic heterocycles. The van der Waals surface area contributed by atoms with Crippen LogP contribution in [-0.4, -0.2) is 12.1 Å². The molecule has 0 saturated carbocycles. The molecule has 0 saturated heterocycles. The van der Waals surface area contributed by atoms with Gasteiger partial charge in [-0.3, -0.25) is 0 Å². The van der Waals surface area contributed by atoms with Crippen molar-refractivity contribution in [3.05, 3.63) is 23.8 Å². The number of ether oxygens (including phenoxy) is 1. The zero-order valence-corrected chi connectivity index (χ0v) is 8.57. The Morgan fingerprint density at radius 1 is 1.36 bits per heavy atom. The topological polar surface area (TPSA) is 35.3 Å². The van der Waals surface area contributed by atoms with Crippen LogP contribution in [0.4, 0.5) is 0 Å². The van der Waals surface area contributed by atoms with Crippen molar-refractivity contribution in [1.82, 2.24) is 4.98 Å². The van der Waals surface area contributed by atoms with Gasteiger partial charge in [0.2, 0.25) is 0 Å². The van der Waals surface area contributed by atoms with Crippen molar-refractivity contribution < 1.29 is 9.15 Å². The molecule has 1 heterocycles. The van der Waals surface area contributed by atoms with E-state index in [2.05, 4.69) is 24.9 Å². The number of aromatic nitrogens is 1. The number of hydrogen-bond acceptors (Lipinski definition) is 3. The van der Waals surface area contributed by atoms with E-state index < -0.39 is 0 Å². The second-order valence-electron chi connectivity index (χ2n) is 3.57. The van der Waals surface area contributed by atoms with Crippen LogP contribution in [0.25, 0.3) is 11.1 Å². The van der Waals surface area contributed by atoms with Crippen LogP contribution in [0.15, 0.2) is 22.6 Å². The molecule has 0 spiro atoms. The molecule has 0 bridgehead atoms. The second kappa shape index (κ2) is 3.33. The zero-order valence-electron chi connectivity index (χ0n) is 8.57. The minimum Gasteiger partial charge on any atom is -0.453 e. The van der Waals surface area contributed by atoms with Crippen LogP contribution in [0.1, 0.15) is 25.3 Å². The lowest BCUT2D eigenvalue weighted by Gasteiger charge is -2.02. The summed E-state index contributed by atoms with van der Waals surface area (Å²) in [7, 11) is 1.55. The van der Waals surface area contributed by atoms with Crippen molar-refractivity contribution in [2.75, 3.05) is 7.11 Å². The molecule has 2 aromatic rings. The van der Waals surface area contributed by atoms with E-state index in [1.165, 1.54) is 5.56 Å². The fourth-order valence-electron chi connectivity index (χ4n) is 1.37. The molecular formula is C11H13NO2. The third kappa shape index (κ3) is 1.45. The van der Waals surface area contributed by atoms with E-state index in [4.69, 9.17) is 9.15 Å². The molecule has 0 N–H and O–H groups in total. The molecule has 0 aliphatic heterocycles. The van der Waals surface area contributed by atoms with Gasteiger partial charge in [-0.2, -0.15) is 4.98 Å². The van der Waals surface area contributed by atoms with E-state index in [-0.39, 0.29) is 0 Å². The first kappa shape index (κ1) is 9.06. The first-order valence-corrected chi connectivity index (χ1v) is 4.65. The number of hydrogen-bond donors (Lipinski definition) is 0. The summed E-state index contributed by atoms with van der Waals surface area (Å²) in [5, 5.41) is 0. The van der Waals surface area contributed by atoms with Gasteiger partial charge in [-0.25, -0.2) is 0 Å². The second-order valence-corrected chi connectivity index (χ2v) is 3.57. The van der Waals surface area contributed by atoms with Crippen molar-refractivity contribution in [1.29, 1.82) is 0 Å². The number of rotatable bonds is 2. The molecule has 0 amide bonds. The smallest absolute Gasteiger partial charge is 0.394 e. The fourth-order valence-corrected chi connectivity index (χ4v) is 1.37. The van der Waals surface area contributed by atoms with E-state index in [0.717, 1.165) is 11.1 Å². The number of oxazole rings is 1. The summed E-state index contributed by atoms with van der Waals surface area (Å²) in [6.07, 6.45) is 0.320. The molecule has 1 aromatic carbocycles. The van der Waals surface area contributed by atoms with Gasteiger partial charge < -0.3 is 9.15 Å². The highest BCUT2D eigenvalue weighted by atomic mass is 16.6. The summed E-state index contributed by atoms with van der Waals surface area (Å²) in [6.45, 7) is 4.30. The highest BCUT2D eigenvalue weighted by molar-refractivity contribution is 5.74. The van der Waals surface area contributed by atoms with E-state index in [0.29, 0.717) is 12.0 Å². The quantitative estimate of drug-likeness (QED) is 0.732. The lowest BCUT2D eigenvalue weighted by molar-refractivity contribution is 0.299. The molecule has 0 aliphatic rings. The minimum atomic E-state index is 0.320. The highest BCUT2D eigenvalue weighted by Gasteiger charge is 2.07. The van der Waals surface area contributed by atoms with Gasteiger partial charge in [0, 0.05) is 0 Å². The first-order valence-electron chi connectivity index (χ1n) is 4.65. The largest absolute Gasteiger partial charge is 0.453 e. The molecule has 3 nitrogen and oxygen atoms in total. The van der Waals surface area contributed by atoms with Crippen molar-refractivity contribution in [2.45, 2.75) is 19.8 Å². The Hall–Kier alpha value is -1.51. The molecule has 14 heavy (non-hydrogen) atoms. The van der Waals surface area contributed by atoms with Gasteiger partial charge in [0.05, 0.1) is 7.11 Å². The molecular weight excluding hydrogens is 178 g/mol. The van der Waals surface area contributed by atoms with Gasteiger partial charge >= 0.3 is 6.08 Å². The number of nitrogens with zero attached hydrogens (tertiary/aromatic N) is 1. The Labute approximate surface area is 82.7 Å². The lowest BCUT2D eigenvalue weighted by Crippen LogP contribution is -1.85. The van der Waals surface area contributed by atoms with Crippen molar-refractivity contribution in [3.63, 3.8) is 0 Å². The Morgan fingerprint density at radius 3 is 2.79 bits per heavy atom. The fraction of sp³-hybridized carbons (Fsp3) is 0.364. The number of benzene rings is 1. The van der Waals surface area contributed by atoms with Gasteiger partial charge in [0.1, 0.15) is 5.52 Å². The van der Waals surface area contributed by atoms with Crippen LogP contribution in [0.5, 0.6) is 6.08 Å². The van der Waals surface area contributed by atoms with E-state index in [1.807, 2.05) is 12.1 Å². The van der Waals surface area contributed by atoms with E-state index in [1.54, 1.807) is 7.11 Å². The molecule has 74 valence electrons. The summed E-state index contributed by atoms with van der Waals surface area (Å²) in [6, 6.07) is 6.03. The molecule has 0 unspecified atom stereocenters. The normalized spacial score (nSPS) is 11.1. The molecule has 2 rings (SSSR count). The molecule has 0 atom stereocenters. The van der Waals surface area contributed by atoms with Gasteiger partial charge in [0.25, 0.3) is 0 Å². The van der Waals surface area contributed by atoms with Crippen LogP contribution >= 0.6 is 0 Å². The summed E-state index contributed by atoms with van der Waals surface area (Å²) in [4.78, 5) is 4.14. The number of fused-ring (bicyclic) bond motifs is 1. The zero-order chi connectivity index (χ0) is 10.1. The van der Waals surface area contributed by atoms with E-state index >= 15 is 0 Å². The molecule has 0 radical (unpaired) electrons. The van der Waals surface area contributed by atoms with Gasteiger partial charge in [0.15, 0.2) is 5.58 Å². The van der Waals surface area contributed by atoms with Gasteiger partial charge in [-0.05, 0) is 23.6 Å². The highest BCUT2D eigenvalue weighted by Crippen LogP contribution is 2.24. The monoisotopic (exact) mass is 191 g/mol. The van der Waals surface area contributed by atoms with Gasteiger partial charge in [-0.1, -0.05) is 19.9 Å². The Bertz CT molecular complexity index is 445.